The van der Waals surface area contributed by atoms with Gasteiger partial charge < -0.3 is 10.2 Å². The number of nitrogens with one attached hydrogen (secondary N) is 1. The minimum absolute atomic E-state index is 0.397. The first-order valence-corrected chi connectivity index (χ1v) is 8.16. The maximum Gasteiger partial charge on any atom is 0.0406 e. The van der Waals surface area contributed by atoms with Gasteiger partial charge in [-0.05, 0) is 56.5 Å². The van der Waals surface area contributed by atoms with Crippen LogP contribution < -0.4 is 5.32 Å². The third kappa shape index (κ3) is 4.76. The molecule has 0 radical (unpaired) electrons. The summed E-state index contributed by atoms with van der Waals surface area (Å²) in [5.41, 5.74) is 1.32. The maximum atomic E-state index is 5.94. The summed E-state index contributed by atoms with van der Waals surface area (Å²) in [7, 11) is 0. The molecule has 1 aliphatic heterocycles. The highest BCUT2D eigenvalue weighted by atomic mass is 35.5. The molecule has 0 unspecified atom stereocenters. The Bertz CT molecular complexity index is 394. The fraction of sp³-hybridized carbons (Fsp3) is 0.647. The second kappa shape index (κ2) is 7.44. The van der Waals surface area contributed by atoms with Crippen LogP contribution in [0.5, 0.6) is 0 Å². The third-order valence-corrected chi connectivity index (χ3v) is 4.32. The standard InChI is InChI=1S/C17H27ClN2/c1-13(2)12-20-10-8-17(9-11-20)19-14(3)15-4-6-16(18)7-5-15/h4-7,13-14,17,19H,8-12H2,1-3H3/t14-/m1/s1. The SMILES string of the molecule is CC(C)CN1CCC(N[C@H](C)c2ccc(Cl)cc2)CC1. The highest BCUT2D eigenvalue weighted by Gasteiger charge is 2.21. The predicted molar refractivity (Wildman–Crippen MR) is 87.3 cm³/mol. The zero-order valence-corrected chi connectivity index (χ0v) is 13.7. The van der Waals surface area contributed by atoms with Crippen molar-refractivity contribution in [2.24, 2.45) is 5.92 Å². The quantitative estimate of drug-likeness (QED) is 0.879. The van der Waals surface area contributed by atoms with E-state index in [0.29, 0.717) is 12.1 Å². The lowest BCUT2D eigenvalue weighted by Crippen LogP contribution is -2.44. The predicted octanol–water partition coefficient (Wildman–Crippen LogP) is 4.11. The van der Waals surface area contributed by atoms with Gasteiger partial charge in [-0.15, -0.1) is 0 Å². The van der Waals surface area contributed by atoms with E-state index in [1.54, 1.807) is 0 Å². The van der Waals surface area contributed by atoms with E-state index in [4.69, 9.17) is 11.6 Å². The zero-order chi connectivity index (χ0) is 14.5. The lowest BCUT2D eigenvalue weighted by atomic mass is 10.0. The first-order chi connectivity index (χ1) is 9.54. The molecule has 0 bridgehead atoms. The third-order valence-electron chi connectivity index (χ3n) is 4.07. The van der Waals surface area contributed by atoms with Gasteiger partial charge in [-0.3, -0.25) is 0 Å². The van der Waals surface area contributed by atoms with E-state index in [-0.39, 0.29) is 0 Å². The number of benzene rings is 1. The smallest absolute Gasteiger partial charge is 0.0406 e. The molecular formula is C17H27ClN2. The summed E-state index contributed by atoms with van der Waals surface area (Å²) in [5, 5.41) is 4.57. The Balaban J connectivity index is 1.79. The lowest BCUT2D eigenvalue weighted by molar-refractivity contribution is 0.175. The van der Waals surface area contributed by atoms with Crippen molar-refractivity contribution in [3.63, 3.8) is 0 Å². The zero-order valence-electron chi connectivity index (χ0n) is 12.9. The molecule has 1 aromatic rings. The normalized spacial score (nSPS) is 19.4. The number of nitrogens with zero attached hydrogens (tertiary/aromatic N) is 1. The first kappa shape index (κ1) is 15.8. The average molecular weight is 295 g/mol. The molecule has 2 nitrogen and oxygen atoms in total. The molecule has 1 N–H and O–H groups in total. The molecule has 1 fully saturated rings. The summed E-state index contributed by atoms with van der Waals surface area (Å²) >= 11 is 5.94. The highest BCUT2D eigenvalue weighted by molar-refractivity contribution is 6.30. The fourth-order valence-corrected chi connectivity index (χ4v) is 3.13. The molecular weight excluding hydrogens is 268 g/mol. The molecule has 0 amide bonds. The number of hydrogen-bond donors (Lipinski definition) is 1. The van der Waals surface area contributed by atoms with Crippen molar-refractivity contribution < 1.29 is 0 Å². The van der Waals surface area contributed by atoms with Crippen molar-refractivity contribution >= 4 is 11.6 Å². The van der Waals surface area contributed by atoms with Gasteiger partial charge in [0.15, 0.2) is 0 Å². The van der Waals surface area contributed by atoms with E-state index >= 15 is 0 Å². The van der Waals surface area contributed by atoms with Crippen LogP contribution in [0.15, 0.2) is 24.3 Å². The van der Waals surface area contributed by atoms with Crippen molar-refractivity contribution in [2.45, 2.75) is 45.7 Å². The Kier molecular flexibility index (Phi) is 5.88. The molecule has 3 heteroatoms. The summed E-state index contributed by atoms with van der Waals surface area (Å²) < 4.78 is 0. The average Bonchev–Trinajstić information content (AvgIpc) is 2.41. The molecule has 2 rings (SSSR count). The van der Waals surface area contributed by atoms with Gasteiger partial charge in [0, 0.05) is 23.7 Å². The lowest BCUT2D eigenvalue weighted by Gasteiger charge is -2.34. The fourth-order valence-electron chi connectivity index (χ4n) is 3.00. The Labute approximate surface area is 128 Å². The van der Waals surface area contributed by atoms with Crippen LogP contribution >= 0.6 is 11.6 Å². The highest BCUT2D eigenvalue weighted by Crippen LogP contribution is 2.19. The number of hydrogen-bond acceptors (Lipinski definition) is 2. The molecule has 1 saturated heterocycles. The van der Waals surface area contributed by atoms with Crippen LogP contribution in [0.25, 0.3) is 0 Å². The van der Waals surface area contributed by atoms with Crippen LogP contribution in [0.4, 0.5) is 0 Å². The van der Waals surface area contributed by atoms with Gasteiger partial charge in [0.05, 0.1) is 0 Å². The topological polar surface area (TPSA) is 15.3 Å². The number of rotatable bonds is 5. The molecule has 0 spiro atoms. The molecule has 1 atom stereocenters. The summed E-state index contributed by atoms with van der Waals surface area (Å²) in [6.07, 6.45) is 2.51. The number of piperidine rings is 1. The van der Waals surface area contributed by atoms with E-state index in [1.165, 1.54) is 38.0 Å². The first-order valence-electron chi connectivity index (χ1n) is 7.78. The molecule has 1 aliphatic rings. The van der Waals surface area contributed by atoms with Crippen molar-refractivity contribution in [1.82, 2.24) is 10.2 Å². The van der Waals surface area contributed by atoms with Crippen LogP contribution in [0.1, 0.15) is 45.2 Å². The molecule has 1 heterocycles. The van der Waals surface area contributed by atoms with Crippen molar-refractivity contribution in [3.8, 4) is 0 Å². The summed E-state index contributed by atoms with van der Waals surface area (Å²) in [5.74, 6) is 0.771. The van der Waals surface area contributed by atoms with Gasteiger partial charge in [0.25, 0.3) is 0 Å². The molecule has 1 aromatic carbocycles. The van der Waals surface area contributed by atoms with Crippen molar-refractivity contribution in [2.75, 3.05) is 19.6 Å². The molecule has 0 saturated carbocycles. The summed E-state index contributed by atoms with van der Waals surface area (Å²) in [6, 6.07) is 9.22. The van der Waals surface area contributed by atoms with Gasteiger partial charge in [-0.1, -0.05) is 37.6 Å². The van der Waals surface area contributed by atoms with Gasteiger partial charge in [-0.2, -0.15) is 0 Å². The Morgan fingerprint density at radius 1 is 1.15 bits per heavy atom. The van der Waals surface area contributed by atoms with E-state index in [0.717, 1.165) is 10.9 Å². The van der Waals surface area contributed by atoms with Crippen molar-refractivity contribution in [1.29, 1.82) is 0 Å². The minimum Gasteiger partial charge on any atom is -0.307 e. The monoisotopic (exact) mass is 294 g/mol. The van der Waals surface area contributed by atoms with Crippen LogP contribution in [0.3, 0.4) is 0 Å². The maximum absolute atomic E-state index is 5.94. The van der Waals surface area contributed by atoms with Gasteiger partial charge in [-0.25, -0.2) is 0 Å². The second-order valence-electron chi connectivity index (χ2n) is 6.41. The van der Waals surface area contributed by atoms with Gasteiger partial charge >= 0.3 is 0 Å². The Morgan fingerprint density at radius 3 is 2.30 bits per heavy atom. The molecule has 112 valence electrons. The Morgan fingerprint density at radius 2 is 1.75 bits per heavy atom. The van der Waals surface area contributed by atoms with E-state index < -0.39 is 0 Å². The van der Waals surface area contributed by atoms with Crippen LogP contribution in [-0.2, 0) is 0 Å². The van der Waals surface area contributed by atoms with Gasteiger partial charge in [0.1, 0.15) is 0 Å². The largest absolute Gasteiger partial charge is 0.307 e. The van der Waals surface area contributed by atoms with Gasteiger partial charge in [0.2, 0.25) is 0 Å². The van der Waals surface area contributed by atoms with Crippen LogP contribution in [-0.4, -0.2) is 30.6 Å². The van der Waals surface area contributed by atoms with E-state index in [1.807, 2.05) is 12.1 Å². The van der Waals surface area contributed by atoms with Crippen LogP contribution in [0.2, 0.25) is 5.02 Å². The molecule has 20 heavy (non-hydrogen) atoms. The second-order valence-corrected chi connectivity index (χ2v) is 6.85. The van der Waals surface area contributed by atoms with Crippen molar-refractivity contribution in [3.05, 3.63) is 34.9 Å². The van der Waals surface area contributed by atoms with Crippen LogP contribution in [0, 0.1) is 5.92 Å². The minimum atomic E-state index is 0.397. The Hall–Kier alpha value is -0.570. The number of likely N-dealkylation sites (tertiary alicyclic amines) is 1. The van der Waals surface area contributed by atoms with E-state index in [9.17, 15) is 0 Å². The summed E-state index contributed by atoms with van der Waals surface area (Å²) in [4.78, 5) is 2.59. The number of halogens is 1. The van der Waals surface area contributed by atoms with E-state index in [2.05, 4.69) is 43.1 Å². The molecule has 0 aromatic heterocycles. The summed E-state index contributed by atoms with van der Waals surface area (Å²) in [6.45, 7) is 10.5. The molecule has 0 aliphatic carbocycles.